The highest BCUT2D eigenvalue weighted by atomic mass is 19.1. The summed E-state index contributed by atoms with van der Waals surface area (Å²) < 4.78 is 13.1. The maximum atomic E-state index is 13.1. The van der Waals surface area contributed by atoms with E-state index in [1.807, 2.05) is 13.0 Å². The lowest BCUT2D eigenvalue weighted by Gasteiger charge is -2.17. The second kappa shape index (κ2) is 7.15. The van der Waals surface area contributed by atoms with Crippen molar-refractivity contribution >= 4 is 11.9 Å². The lowest BCUT2D eigenvalue weighted by Crippen LogP contribution is -2.22. The molecule has 2 rings (SSSR count). The van der Waals surface area contributed by atoms with Crippen LogP contribution >= 0.6 is 0 Å². The number of nitrogens with two attached hydrogens (primary N) is 1. The van der Waals surface area contributed by atoms with Gasteiger partial charge in [0.25, 0.3) is 0 Å². The number of hydrogen-bond donors (Lipinski definition) is 2. The predicted molar refractivity (Wildman–Crippen MR) is 86.1 cm³/mol. The minimum Gasteiger partial charge on any atom is -0.368 e. The van der Waals surface area contributed by atoms with Crippen LogP contribution in [0.5, 0.6) is 0 Å². The Morgan fingerprint density at radius 1 is 1.23 bits per heavy atom. The topological polar surface area (TPSA) is 76.7 Å². The molecule has 6 heteroatoms. The zero-order valence-corrected chi connectivity index (χ0v) is 13.2. The Hall–Kier alpha value is -2.24. The number of nitrogen functional groups attached to an aromatic ring is 1. The van der Waals surface area contributed by atoms with Crippen molar-refractivity contribution in [3.8, 4) is 0 Å². The number of rotatable bonds is 6. The van der Waals surface area contributed by atoms with Gasteiger partial charge in [0.05, 0.1) is 0 Å². The Morgan fingerprint density at radius 3 is 2.64 bits per heavy atom. The van der Waals surface area contributed by atoms with Gasteiger partial charge in [0.2, 0.25) is 11.9 Å². The first-order chi connectivity index (χ1) is 10.5. The molecule has 0 bridgehead atoms. The van der Waals surface area contributed by atoms with Crippen LogP contribution in [-0.4, -0.2) is 21.0 Å². The fourth-order valence-electron chi connectivity index (χ4n) is 2.40. The average Bonchev–Trinajstić information content (AvgIpc) is 2.43. The molecule has 1 atom stereocenters. The number of nitrogens with one attached hydrogen (secondary N) is 1. The van der Waals surface area contributed by atoms with Gasteiger partial charge in [0.15, 0.2) is 0 Å². The summed E-state index contributed by atoms with van der Waals surface area (Å²) in [4.78, 5) is 12.3. The summed E-state index contributed by atoms with van der Waals surface area (Å²) in [5, 5.41) is 3.30. The first-order valence-electron chi connectivity index (χ1n) is 7.47. The summed E-state index contributed by atoms with van der Waals surface area (Å²) >= 11 is 0. The monoisotopic (exact) mass is 303 g/mol. The maximum absolute atomic E-state index is 13.1. The number of hydrogen-bond acceptors (Lipinski definition) is 5. The number of benzene rings is 1. The third-order valence-corrected chi connectivity index (χ3v) is 3.66. The van der Waals surface area contributed by atoms with Crippen molar-refractivity contribution in [1.82, 2.24) is 15.0 Å². The normalized spacial score (nSPS) is 12.2. The molecule has 3 N–H and O–H groups in total. The molecule has 0 radical (unpaired) electrons. The Morgan fingerprint density at radius 2 is 2.00 bits per heavy atom. The summed E-state index contributed by atoms with van der Waals surface area (Å²) in [5.41, 5.74) is 7.78. The van der Waals surface area contributed by atoms with Gasteiger partial charge < -0.3 is 11.1 Å². The van der Waals surface area contributed by atoms with Crippen molar-refractivity contribution in [2.75, 3.05) is 11.1 Å². The largest absolute Gasteiger partial charge is 0.368 e. The molecule has 22 heavy (non-hydrogen) atoms. The molecule has 1 aromatic heterocycles. The highest BCUT2D eigenvalue weighted by molar-refractivity contribution is 5.32. The average molecular weight is 303 g/mol. The van der Waals surface area contributed by atoms with E-state index in [-0.39, 0.29) is 17.8 Å². The van der Waals surface area contributed by atoms with Crippen LogP contribution in [0.25, 0.3) is 0 Å². The summed E-state index contributed by atoms with van der Waals surface area (Å²) in [7, 11) is 0. The smallest absolute Gasteiger partial charge is 0.227 e. The molecule has 0 fully saturated rings. The lowest BCUT2D eigenvalue weighted by atomic mass is 10.00. The molecule has 2 aromatic rings. The molecule has 1 heterocycles. The van der Waals surface area contributed by atoms with Gasteiger partial charge in [0, 0.05) is 6.04 Å². The zero-order chi connectivity index (χ0) is 16.1. The number of halogens is 1. The van der Waals surface area contributed by atoms with E-state index in [1.54, 1.807) is 13.0 Å². The van der Waals surface area contributed by atoms with Gasteiger partial charge in [-0.3, -0.25) is 0 Å². The maximum Gasteiger partial charge on any atom is 0.227 e. The minimum atomic E-state index is -0.192. The van der Waals surface area contributed by atoms with Gasteiger partial charge in [-0.25, -0.2) is 4.39 Å². The van der Waals surface area contributed by atoms with Crippen LogP contribution in [0.3, 0.4) is 0 Å². The van der Waals surface area contributed by atoms with E-state index in [1.165, 1.54) is 6.07 Å². The number of aryl methyl sites for hydroxylation is 3. The predicted octanol–water partition coefficient (Wildman–Crippen LogP) is 3.03. The van der Waals surface area contributed by atoms with Crippen molar-refractivity contribution < 1.29 is 4.39 Å². The molecule has 0 aliphatic heterocycles. The van der Waals surface area contributed by atoms with Crippen LogP contribution in [0.15, 0.2) is 18.2 Å². The van der Waals surface area contributed by atoms with E-state index in [9.17, 15) is 4.39 Å². The molecule has 0 saturated carbocycles. The molecule has 0 spiro atoms. The number of aromatic nitrogens is 3. The van der Waals surface area contributed by atoms with E-state index in [0.717, 1.165) is 30.4 Å². The van der Waals surface area contributed by atoms with Crippen LogP contribution in [0.4, 0.5) is 16.3 Å². The van der Waals surface area contributed by atoms with Gasteiger partial charge in [0.1, 0.15) is 11.6 Å². The van der Waals surface area contributed by atoms with Gasteiger partial charge in [-0.1, -0.05) is 13.0 Å². The standard InChI is InChI=1S/C16H22FN5/c1-4-14(21-16-20-11(3)19-15(18)22-16)8-6-12-5-7-13(17)9-10(12)2/h5,7,9,14H,4,6,8H2,1-3H3,(H3,18,19,20,21,22). The highest BCUT2D eigenvalue weighted by Gasteiger charge is 2.10. The summed E-state index contributed by atoms with van der Waals surface area (Å²) in [6.45, 7) is 5.82. The van der Waals surface area contributed by atoms with E-state index in [2.05, 4.69) is 27.2 Å². The van der Waals surface area contributed by atoms with E-state index >= 15 is 0 Å². The van der Waals surface area contributed by atoms with Crippen LogP contribution in [0.2, 0.25) is 0 Å². The molecule has 0 aliphatic rings. The third-order valence-electron chi connectivity index (χ3n) is 3.66. The van der Waals surface area contributed by atoms with Gasteiger partial charge >= 0.3 is 0 Å². The summed E-state index contributed by atoms with van der Waals surface area (Å²) in [5.74, 6) is 1.13. The van der Waals surface area contributed by atoms with Gasteiger partial charge in [-0.2, -0.15) is 15.0 Å². The van der Waals surface area contributed by atoms with E-state index in [4.69, 9.17) is 5.73 Å². The van der Waals surface area contributed by atoms with Crippen LogP contribution in [0.1, 0.15) is 36.7 Å². The van der Waals surface area contributed by atoms with Crippen molar-refractivity contribution in [3.63, 3.8) is 0 Å². The molecular formula is C16H22FN5. The molecule has 118 valence electrons. The molecule has 0 saturated heterocycles. The SMILES string of the molecule is CCC(CCc1ccc(F)cc1C)Nc1nc(C)nc(N)n1. The van der Waals surface area contributed by atoms with Crippen molar-refractivity contribution in [3.05, 3.63) is 41.0 Å². The van der Waals surface area contributed by atoms with Crippen LogP contribution in [-0.2, 0) is 6.42 Å². The molecule has 1 aromatic carbocycles. The quantitative estimate of drug-likeness (QED) is 0.857. The van der Waals surface area contributed by atoms with Crippen LogP contribution in [0, 0.1) is 19.7 Å². The number of anilines is 2. The summed E-state index contributed by atoms with van der Waals surface area (Å²) in [6, 6.07) is 5.15. The number of nitrogens with zero attached hydrogens (tertiary/aromatic N) is 3. The fourth-order valence-corrected chi connectivity index (χ4v) is 2.40. The van der Waals surface area contributed by atoms with Gasteiger partial charge in [-0.05, 0) is 56.4 Å². The second-order valence-corrected chi connectivity index (χ2v) is 5.42. The fraction of sp³-hybridized carbons (Fsp3) is 0.438. The highest BCUT2D eigenvalue weighted by Crippen LogP contribution is 2.16. The Kier molecular flexibility index (Phi) is 5.25. The minimum absolute atomic E-state index is 0.192. The third kappa shape index (κ3) is 4.38. The van der Waals surface area contributed by atoms with Crippen molar-refractivity contribution in [2.24, 2.45) is 0 Å². The summed E-state index contributed by atoms with van der Waals surface area (Å²) in [6.07, 6.45) is 2.72. The van der Waals surface area contributed by atoms with E-state index in [0.29, 0.717) is 11.8 Å². The Bertz CT molecular complexity index is 624. The molecule has 1 unspecified atom stereocenters. The lowest BCUT2D eigenvalue weighted by molar-refractivity contribution is 0.615. The first-order valence-corrected chi connectivity index (χ1v) is 7.47. The zero-order valence-electron chi connectivity index (χ0n) is 13.2. The molecule has 5 nitrogen and oxygen atoms in total. The van der Waals surface area contributed by atoms with Crippen molar-refractivity contribution in [1.29, 1.82) is 0 Å². The Balaban J connectivity index is 2.00. The molecular weight excluding hydrogens is 281 g/mol. The van der Waals surface area contributed by atoms with Crippen LogP contribution < -0.4 is 11.1 Å². The second-order valence-electron chi connectivity index (χ2n) is 5.42. The van der Waals surface area contributed by atoms with Crippen molar-refractivity contribution in [2.45, 2.75) is 46.1 Å². The first kappa shape index (κ1) is 16.1. The Labute approximate surface area is 130 Å². The molecule has 0 aliphatic carbocycles. The van der Waals surface area contributed by atoms with E-state index < -0.39 is 0 Å². The van der Waals surface area contributed by atoms with Gasteiger partial charge in [-0.15, -0.1) is 0 Å². The molecule has 0 amide bonds.